The van der Waals surface area contributed by atoms with Crippen LogP contribution in [-0.4, -0.2) is 0 Å². The van der Waals surface area contributed by atoms with Gasteiger partial charge in [-0.15, -0.1) is 0 Å². The van der Waals surface area contributed by atoms with Crippen molar-refractivity contribution in [2.75, 3.05) is 9.80 Å². The minimum Gasteiger partial charge on any atom is -0.310 e. The van der Waals surface area contributed by atoms with Crippen LogP contribution in [0.1, 0.15) is 33.4 Å². The molecule has 2 heteroatoms. The number of benzene rings is 8. The van der Waals surface area contributed by atoms with Crippen molar-refractivity contribution in [1.29, 1.82) is 0 Å². The van der Waals surface area contributed by atoms with Gasteiger partial charge in [0.15, 0.2) is 0 Å². The van der Waals surface area contributed by atoms with Crippen molar-refractivity contribution in [1.82, 2.24) is 0 Å². The summed E-state index contributed by atoms with van der Waals surface area (Å²) in [6.07, 6.45) is 0.964. The molecule has 55 heavy (non-hydrogen) atoms. The first-order valence-corrected chi connectivity index (χ1v) is 19.2. The lowest BCUT2D eigenvalue weighted by Gasteiger charge is -2.28. The Labute approximate surface area is 325 Å². The Hall–Kier alpha value is -6.64. The topological polar surface area (TPSA) is 6.48 Å². The highest BCUT2D eigenvalue weighted by atomic mass is 15.1. The van der Waals surface area contributed by atoms with Gasteiger partial charge in [-0.2, -0.15) is 0 Å². The van der Waals surface area contributed by atoms with E-state index in [1.165, 1.54) is 78.1 Å². The predicted molar refractivity (Wildman–Crippen MR) is 234 cm³/mol. The molecular formula is C53H44N2. The summed E-state index contributed by atoms with van der Waals surface area (Å²) in [6, 6.07) is 66.0. The second kappa shape index (κ2) is 14.3. The lowest BCUT2D eigenvalue weighted by Crippen LogP contribution is -2.12. The van der Waals surface area contributed by atoms with Gasteiger partial charge < -0.3 is 9.80 Å². The zero-order valence-electron chi connectivity index (χ0n) is 31.9. The lowest BCUT2D eigenvalue weighted by atomic mass is 9.91. The van der Waals surface area contributed by atoms with Crippen molar-refractivity contribution in [2.24, 2.45) is 0 Å². The van der Waals surface area contributed by atoms with Crippen molar-refractivity contribution >= 4 is 34.1 Å². The van der Waals surface area contributed by atoms with E-state index in [2.05, 4.69) is 219 Å². The molecule has 0 amide bonds. The van der Waals surface area contributed by atoms with Gasteiger partial charge in [-0.25, -0.2) is 0 Å². The molecule has 2 nitrogen and oxygen atoms in total. The van der Waals surface area contributed by atoms with E-state index in [0.717, 1.165) is 29.2 Å². The fourth-order valence-corrected chi connectivity index (χ4v) is 8.39. The molecule has 0 aliphatic heterocycles. The minimum absolute atomic E-state index is 0.964. The average molecular weight is 709 g/mol. The molecule has 0 radical (unpaired) electrons. The van der Waals surface area contributed by atoms with Crippen molar-refractivity contribution in [3.8, 4) is 33.4 Å². The molecular weight excluding hydrogens is 665 g/mol. The zero-order chi connectivity index (χ0) is 37.5. The van der Waals surface area contributed by atoms with Crippen LogP contribution in [0.25, 0.3) is 33.4 Å². The van der Waals surface area contributed by atoms with Crippen molar-refractivity contribution < 1.29 is 0 Å². The van der Waals surface area contributed by atoms with E-state index < -0.39 is 0 Å². The summed E-state index contributed by atoms with van der Waals surface area (Å²) in [6.45, 7) is 9.06. The number of hydrogen-bond acceptors (Lipinski definition) is 2. The van der Waals surface area contributed by atoms with Gasteiger partial charge in [0.05, 0.1) is 0 Å². The van der Waals surface area contributed by atoms with Gasteiger partial charge in [0.25, 0.3) is 0 Å². The van der Waals surface area contributed by atoms with Gasteiger partial charge in [0, 0.05) is 34.1 Å². The van der Waals surface area contributed by atoms with Gasteiger partial charge >= 0.3 is 0 Å². The van der Waals surface area contributed by atoms with Crippen LogP contribution in [0.5, 0.6) is 0 Å². The van der Waals surface area contributed by atoms with Crippen molar-refractivity contribution in [3.63, 3.8) is 0 Å². The van der Waals surface area contributed by atoms with Crippen LogP contribution in [0.15, 0.2) is 182 Å². The minimum atomic E-state index is 0.964. The standard InChI is InChI=1S/C53H44N2/c1-36-38(3)52(54(44-17-9-5-10-18-44)45-19-11-6-12-20-45)31-29-48(36)42-27-25-40-33-41-26-28-43(35-51(41)50(40)34-42)49-30-32-53(39(4)37(49)2)55(46-21-13-7-14-22-46)47-23-15-8-16-24-47/h5-32,34-35H,33H2,1-4H3. The number of fused-ring (bicyclic) bond motifs is 3. The lowest BCUT2D eigenvalue weighted by molar-refractivity contribution is 1.22. The predicted octanol–water partition coefficient (Wildman–Crippen LogP) is 14.8. The van der Waals surface area contributed by atoms with Gasteiger partial charge in [-0.3, -0.25) is 0 Å². The molecule has 0 atom stereocenters. The summed E-state index contributed by atoms with van der Waals surface area (Å²) < 4.78 is 0. The smallest absolute Gasteiger partial charge is 0.0493 e. The maximum absolute atomic E-state index is 2.43. The molecule has 1 aliphatic rings. The van der Waals surface area contributed by atoms with Crippen molar-refractivity contribution in [2.45, 2.75) is 34.1 Å². The fraction of sp³-hybridized carbons (Fsp3) is 0.0943. The Bertz CT molecular complexity index is 2380. The molecule has 0 heterocycles. The molecule has 8 aromatic rings. The van der Waals surface area contributed by atoms with E-state index in [1.807, 2.05) is 0 Å². The first-order chi connectivity index (χ1) is 27.0. The Kier molecular flexibility index (Phi) is 8.88. The number of para-hydroxylation sites is 4. The molecule has 0 bridgehead atoms. The summed E-state index contributed by atoms with van der Waals surface area (Å²) in [4.78, 5) is 4.73. The molecule has 0 N–H and O–H groups in total. The Morgan fingerprint density at radius 1 is 0.309 bits per heavy atom. The van der Waals surface area contributed by atoms with Gasteiger partial charge in [-0.05, 0) is 174 Å². The van der Waals surface area contributed by atoms with Gasteiger partial charge in [0.1, 0.15) is 0 Å². The van der Waals surface area contributed by atoms with Crippen LogP contribution in [0.3, 0.4) is 0 Å². The highest BCUT2D eigenvalue weighted by Gasteiger charge is 2.23. The van der Waals surface area contributed by atoms with Crippen LogP contribution in [0.4, 0.5) is 34.1 Å². The zero-order valence-corrected chi connectivity index (χ0v) is 31.9. The van der Waals surface area contributed by atoms with E-state index >= 15 is 0 Å². The summed E-state index contributed by atoms with van der Waals surface area (Å²) in [5.74, 6) is 0. The van der Waals surface area contributed by atoms with Crippen LogP contribution in [0, 0.1) is 27.7 Å². The van der Waals surface area contributed by atoms with Crippen LogP contribution in [0.2, 0.25) is 0 Å². The number of rotatable bonds is 8. The quantitative estimate of drug-likeness (QED) is 0.155. The third-order valence-electron chi connectivity index (χ3n) is 11.6. The number of nitrogens with zero attached hydrogens (tertiary/aromatic N) is 2. The summed E-state index contributed by atoms with van der Waals surface area (Å²) in [7, 11) is 0. The molecule has 0 spiro atoms. The Balaban J connectivity index is 1.07. The van der Waals surface area contributed by atoms with Gasteiger partial charge in [-0.1, -0.05) is 109 Å². The highest BCUT2D eigenvalue weighted by Crippen LogP contribution is 2.45. The molecule has 0 aromatic heterocycles. The first kappa shape index (κ1) is 34.1. The van der Waals surface area contributed by atoms with E-state index in [0.29, 0.717) is 0 Å². The Morgan fingerprint density at radius 2 is 0.636 bits per heavy atom. The fourth-order valence-electron chi connectivity index (χ4n) is 8.39. The summed E-state index contributed by atoms with van der Waals surface area (Å²) in [5, 5.41) is 0. The van der Waals surface area contributed by atoms with E-state index in [4.69, 9.17) is 0 Å². The van der Waals surface area contributed by atoms with E-state index in [1.54, 1.807) is 0 Å². The second-order valence-corrected chi connectivity index (χ2v) is 14.7. The summed E-state index contributed by atoms with van der Waals surface area (Å²) >= 11 is 0. The van der Waals surface area contributed by atoms with Crippen LogP contribution < -0.4 is 9.80 Å². The maximum Gasteiger partial charge on any atom is 0.0493 e. The molecule has 0 fully saturated rings. The SMILES string of the molecule is Cc1c(-c2ccc3c(c2)-c2cc(-c4ccc(N(c5ccccc5)c5ccccc5)c(C)c4C)ccc2C3)ccc(N(c2ccccc2)c2ccccc2)c1C. The number of hydrogen-bond donors (Lipinski definition) is 0. The van der Waals surface area contributed by atoms with Crippen LogP contribution >= 0.6 is 0 Å². The van der Waals surface area contributed by atoms with Gasteiger partial charge in [0.2, 0.25) is 0 Å². The molecule has 0 unspecified atom stereocenters. The monoisotopic (exact) mass is 708 g/mol. The average Bonchev–Trinajstić information content (AvgIpc) is 3.60. The van der Waals surface area contributed by atoms with Crippen LogP contribution in [-0.2, 0) is 6.42 Å². The third-order valence-corrected chi connectivity index (χ3v) is 11.6. The van der Waals surface area contributed by atoms with Crippen molar-refractivity contribution in [3.05, 3.63) is 215 Å². The highest BCUT2D eigenvalue weighted by molar-refractivity contribution is 5.89. The Morgan fingerprint density at radius 3 is 0.964 bits per heavy atom. The largest absolute Gasteiger partial charge is 0.310 e. The van der Waals surface area contributed by atoms with E-state index in [-0.39, 0.29) is 0 Å². The molecule has 266 valence electrons. The molecule has 0 saturated heterocycles. The molecule has 0 saturated carbocycles. The number of anilines is 6. The van der Waals surface area contributed by atoms with E-state index in [9.17, 15) is 0 Å². The third kappa shape index (κ3) is 6.20. The molecule has 9 rings (SSSR count). The first-order valence-electron chi connectivity index (χ1n) is 19.2. The molecule has 8 aromatic carbocycles. The normalized spacial score (nSPS) is 11.6. The molecule has 1 aliphatic carbocycles. The summed E-state index contributed by atoms with van der Waals surface area (Å²) in [5.41, 5.74) is 22.7. The maximum atomic E-state index is 2.43. The second-order valence-electron chi connectivity index (χ2n) is 14.7.